The summed E-state index contributed by atoms with van der Waals surface area (Å²) in [6.45, 7) is 1.90. The zero-order valence-electron chi connectivity index (χ0n) is 29.9. The lowest BCUT2D eigenvalue weighted by atomic mass is 10.00. The molecule has 53 heavy (non-hydrogen) atoms. The smallest absolute Gasteiger partial charge is 0.243 e. The zero-order chi connectivity index (χ0) is 38.3. The van der Waals surface area contributed by atoms with Gasteiger partial charge in [-0.1, -0.05) is 60.7 Å². The number of carbonyl (C=O) groups excluding carboxylic acids is 5. The van der Waals surface area contributed by atoms with Crippen LogP contribution in [-0.2, 0) is 36.8 Å². The van der Waals surface area contributed by atoms with Crippen LogP contribution in [0.25, 0.3) is 21.7 Å². The highest BCUT2D eigenvalue weighted by molar-refractivity contribution is 5.96. The first kappa shape index (κ1) is 39.8. The van der Waals surface area contributed by atoms with E-state index in [9.17, 15) is 24.0 Å². The number of primary amides is 1. The Balaban J connectivity index is 1.59. The minimum atomic E-state index is -1.17. The number of nitrogens with one attached hydrogen (secondary N) is 5. The number of nitrogens with zero attached hydrogens (tertiary/aromatic N) is 1. The molecular formula is C38H50N10O5. The van der Waals surface area contributed by atoms with E-state index in [4.69, 9.17) is 22.9 Å². The van der Waals surface area contributed by atoms with Crippen molar-refractivity contribution in [2.45, 2.75) is 76.0 Å². The standard InChI is InChI=1S/C38H50N10O5/c1-23(49)45-32(20-24-15-16-25-9-2-3-10-26(25)19-24)36(52)47-31(14-8-18-43-38(41)42)35(51)48-33(21-27-22-44-29-12-5-4-11-28(27)29)37(53)46-30(34(40)50)13-6-7-17-39/h2-5,9-12,15-16,19,22,30-33,44H,6-8,13-14,17-18,20-21,39H2,1H3,(H2,40,50)(H,45,49)(H,46,53)(H,47,52)(H,48,51)(H4,41,42,43)/t30-,31+,32-,33+/m1/s1. The fourth-order valence-electron chi connectivity index (χ4n) is 6.15. The first-order valence-corrected chi connectivity index (χ1v) is 17.7. The Morgan fingerprint density at radius 3 is 2.02 bits per heavy atom. The topological polar surface area (TPSA) is 266 Å². The first-order valence-electron chi connectivity index (χ1n) is 17.7. The number of aromatic amines is 1. The largest absolute Gasteiger partial charge is 0.370 e. The van der Waals surface area contributed by atoms with Crippen molar-refractivity contribution in [1.82, 2.24) is 26.3 Å². The number of guanidine groups is 1. The van der Waals surface area contributed by atoms with Crippen LogP contribution in [-0.4, -0.2) is 77.7 Å². The predicted octanol–water partition coefficient (Wildman–Crippen LogP) is 0.733. The van der Waals surface area contributed by atoms with Crippen LogP contribution in [0.3, 0.4) is 0 Å². The van der Waals surface area contributed by atoms with Gasteiger partial charge in [0.05, 0.1) is 0 Å². The number of carbonyl (C=O) groups is 5. The summed E-state index contributed by atoms with van der Waals surface area (Å²) in [5.74, 6) is -3.14. The van der Waals surface area contributed by atoms with Crippen LogP contribution in [0.4, 0.5) is 0 Å². The van der Waals surface area contributed by atoms with Crippen LogP contribution in [0, 0.1) is 0 Å². The molecule has 0 aliphatic rings. The Morgan fingerprint density at radius 1 is 0.698 bits per heavy atom. The SMILES string of the molecule is CC(=O)N[C@H](Cc1ccc2ccccc2c1)C(=O)N[C@@H](CCCN=C(N)N)C(=O)N[C@@H](Cc1c[nH]c2ccccc12)C(=O)N[C@H](CCCCN)C(N)=O. The van der Waals surface area contributed by atoms with Crippen molar-refractivity contribution in [3.8, 4) is 0 Å². The second kappa shape index (κ2) is 19.6. The van der Waals surface area contributed by atoms with Crippen LogP contribution >= 0.6 is 0 Å². The van der Waals surface area contributed by atoms with Gasteiger partial charge in [0.2, 0.25) is 29.5 Å². The van der Waals surface area contributed by atoms with Crippen molar-refractivity contribution in [1.29, 1.82) is 0 Å². The summed E-state index contributed by atoms with van der Waals surface area (Å²) in [6.07, 6.45) is 3.83. The van der Waals surface area contributed by atoms with Crippen LogP contribution < -0.4 is 44.2 Å². The maximum absolute atomic E-state index is 14.1. The Hall–Kier alpha value is -5.96. The summed E-state index contributed by atoms with van der Waals surface area (Å²) >= 11 is 0. The molecule has 15 heteroatoms. The van der Waals surface area contributed by atoms with Crippen molar-refractivity contribution in [2.24, 2.45) is 27.9 Å². The fraction of sp³-hybridized carbons (Fsp3) is 0.368. The van der Waals surface area contributed by atoms with Crippen molar-refractivity contribution in [3.63, 3.8) is 0 Å². The third-order valence-electron chi connectivity index (χ3n) is 8.86. The lowest BCUT2D eigenvalue weighted by molar-refractivity contribution is -0.134. The summed E-state index contributed by atoms with van der Waals surface area (Å²) < 4.78 is 0. The molecule has 13 N–H and O–H groups in total. The number of hydrogen-bond acceptors (Lipinski definition) is 7. The highest BCUT2D eigenvalue weighted by atomic mass is 16.2. The molecule has 4 atom stereocenters. The highest BCUT2D eigenvalue weighted by Crippen LogP contribution is 2.20. The number of aliphatic imine (C=N–C) groups is 1. The van der Waals surface area contributed by atoms with Gasteiger partial charge in [0.1, 0.15) is 24.2 Å². The Morgan fingerprint density at radius 2 is 1.32 bits per heavy atom. The second-order valence-corrected chi connectivity index (χ2v) is 13.0. The summed E-state index contributed by atoms with van der Waals surface area (Å²) in [4.78, 5) is 73.5. The van der Waals surface area contributed by atoms with Gasteiger partial charge in [-0.2, -0.15) is 0 Å². The van der Waals surface area contributed by atoms with E-state index in [1.807, 2.05) is 66.7 Å². The van der Waals surface area contributed by atoms with Gasteiger partial charge < -0.3 is 49.2 Å². The maximum Gasteiger partial charge on any atom is 0.243 e. The van der Waals surface area contributed by atoms with Crippen LogP contribution in [0.15, 0.2) is 77.9 Å². The molecule has 1 heterocycles. The molecule has 5 amide bonds. The number of nitrogens with two attached hydrogens (primary N) is 4. The van der Waals surface area contributed by atoms with E-state index in [0.717, 1.165) is 32.8 Å². The monoisotopic (exact) mass is 726 g/mol. The molecule has 1 aromatic heterocycles. The van der Waals surface area contributed by atoms with E-state index >= 15 is 0 Å². The number of aromatic nitrogens is 1. The fourth-order valence-corrected chi connectivity index (χ4v) is 6.15. The van der Waals surface area contributed by atoms with Crippen molar-refractivity contribution in [3.05, 3.63) is 84.1 Å². The third-order valence-corrected chi connectivity index (χ3v) is 8.86. The molecule has 0 fully saturated rings. The van der Waals surface area contributed by atoms with Gasteiger partial charge in [0, 0.05) is 43.4 Å². The number of rotatable bonds is 20. The number of hydrogen-bond donors (Lipinski definition) is 9. The van der Waals surface area contributed by atoms with E-state index in [0.29, 0.717) is 25.8 Å². The van der Waals surface area contributed by atoms with Gasteiger partial charge in [0.25, 0.3) is 0 Å². The van der Waals surface area contributed by atoms with E-state index in [1.165, 1.54) is 6.92 Å². The van der Waals surface area contributed by atoms with Gasteiger partial charge in [-0.15, -0.1) is 0 Å². The number of para-hydroxylation sites is 1. The molecule has 0 unspecified atom stereocenters. The van der Waals surface area contributed by atoms with Crippen LogP contribution in [0.2, 0.25) is 0 Å². The number of amides is 5. The van der Waals surface area contributed by atoms with Gasteiger partial charge in [-0.25, -0.2) is 0 Å². The van der Waals surface area contributed by atoms with Crippen molar-refractivity contribution < 1.29 is 24.0 Å². The van der Waals surface area contributed by atoms with Crippen molar-refractivity contribution >= 4 is 57.2 Å². The molecule has 282 valence electrons. The van der Waals surface area contributed by atoms with Gasteiger partial charge in [-0.05, 0) is 66.6 Å². The average molecular weight is 727 g/mol. The van der Waals surface area contributed by atoms with Crippen LogP contribution in [0.1, 0.15) is 50.2 Å². The minimum absolute atomic E-state index is 0.0566. The van der Waals surface area contributed by atoms with Gasteiger partial charge >= 0.3 is 0 Å². The Bertz CT molecular complexity index is 1920. The number of benzene rings is 3. The zero-order valence-corrected chi connectivity index (χ0v) is 29.9. The third kappa shape index (κ3) is 12.1. The molecule has 0 spiro atoms. The average Bonchev–Trinajstić information content (AvgIpc) is 3.53. The minimum Gasteiger partial charge on any atom is -0.370 e. The summed E-state index contributed by atoms with van der Waals surface area (Å²) in [5.41, 5.74) is 24.6. The van der Waals surface area contributed by atoms with E-state index in [1.54, 1.807) is 6.20 Å². The molecular weight excluding hydrogens is 676 g/mol. The Labute approximate surface area is 308 Å². The van der Waals surface area contributed by atoms with Crippen molar-refractivity contribution in [2.75, 3.05) is 13.1 Å². The number of fused-ring (bicyclic) bond motifs is 2. The molecule has 4 aromatic rings. The van der Waals surface area contributed by atoms with E-state index in [2.05, 4.69) is 31.2 Å². The lowest BCUT2D eigenvalue weighted by Crippen LogP contribution is -2.58. The Kier molecular flexibility index (Phi) is 14.7. The molecule has 0 saturated heterocycles. The van der Waals surface area contributed by atoms with E-state index in [-0.39, 0.29) is 38.2 Å². The molecule has 0 saturated carbocycles. The molecule has 0 radical (unpaired) electrons. The van der Waals surface area contributed by atoms with Gasteiger partial charge in [0.15, 0.2) is 5.96 Å². The normalized spacial score (nSPS) is 13.3. The summed E-state index contributed by atoms with van der Waals surface area (Å²) in [7, 11) is 0. The number of H-pyrrole nitrogens is 1. The maximum atomic E-state index is 14.1. The molecule has 15 nitrogen and oxygen atoms in total. The van der Waals surface area contributed by atoms with Gasteiger partial charge in [-0.3, -0.25) is 29.0 Å². The summed E-state index contributed by atoms with van der Waals surface area (Å²) in [6, 6.07) is 16.7. The molecule has 4 rings (SSSR count). The second-order valence-electron chi connectivity index (χ2n) is 13.0. The molecule has 0 bridgehead atoms. The van der Waals surface area contributed by atoms with Crippen LogP contribution in [0.5, 0.6) is 0 Å². The molecule has 3 aromatic carbocycles. The summed E-state index contributed by atoms with van der Waals surface area (Å²) in [5, 5.41) is 13.9. The number of unbranched alkanes of at least 4 members (excludes halogenated alkanes) is 1. The lowest BCUT2D eigenvalue weighted by Gasteiger charge is -2.26. The molecule has 0 aliphatic heterocycles. The quantitative estimate of drug-likeness (QED) is 0.0355. The molecule has 0 aliphatic carbocycles. The van der Waals surface area contributed by atoms with E-state index < -0.39 is 53.7 Å². The first-order chi connectivity index (χ1) is 25.4. The highest BCUT2D eigenvalue weighted by Gasteiger charge is 2.31. The predicted molar refractivity (Wildman–Crippen MR) is 205 cm³/mol.